The molecule has 2 rings (SSSR count). The Labute approximate surface area is 116 Å². The maximum atomic E-state index is 13.7. The zero-order valence-corrected chi connectivity index (χ0v) is 10.2. The van der Waals surface area contributed by atoms with Crippen molar-refractivity contribution in [1.29, 1.82) is 0 Å². The summed E-state index contributed by atoms with van der Waals surface area (Å²) in [6.45, 7) is 0. The highest BCUT2D eigenvalue weighted by molar-refractivity contribution is 5.86. The molecule has 0 spiro atoms. The van der Waals surface area contributed by atoms with E-state index in [4.69, 9.17) is 11.5 Å². The van der Waals surface area contributed by atoms with Crippen LogP contribution in [0.4, 0.5) is 46.5 Å². The normalized spacial score (nSPS) is 11.1. The number of halogens is 8. The molecule has 0 bridgehead atoms. The van der Waals surface area contributed by atoms with E-state index in [1.165, 1.54) is 0 Å². The van der Waals surface area contributed by atoms with Gasteiger partial charge in [-0.15, -0.1) is 0 Å². The number of hydrogen-bond acceptors (Lipinski definition) is 2. The molecular weight excluding hydrogens is 324 g/mol. The van der Waals surface area contributed by atoms with Crippen LogP contribution in [0.25, 0.3) is 11.1 Å². The van der Waals surface area contributed by atoms with Crippen molar-refractivity contribution in [2.24, 2.45) is 0 Å². The lowest BCUT2D eigenvalue weighted by Gasteiger charge is -2.14. The van der Waals surface area contributed by atoms with Gasteiger partial charge in [0.05, 0.1) is 22.5 Å². The molecule has 22 heavy (non-hydrogen) atoms. The second-order valence-electron chi connectivity index (χ2n) is 4.09. The van der Waals surface area contributed by atoms with E-state index < -0.39 is 69.0 Å². The third kappa shape index (κ3) is 1.94. The highest BCUT2D eigenvalue weighted by Crippen LogP contribution is 2.40. The fraction of sp³-hybridized carbons (Fsp3) is 0. The molecule has 0 unspecified atom stereocenters. The number of nitrogen functional groups attached to an aromatic ring is 2. The molecule has 0 amide bonds. The van der Waals surface area contributed by atoms with Gasteiger partial charge in [-0.2, -0.15) is 0 Å². The first-order chi connectivity index (χ1) is 10.1. The third-order valence-corrected chi connectivity index (χ3v) is 2.86. The van der Waals surface area contributed by atoms with Crippen molar-refractivity contribution < 1.29 is 35.1 Å². The van der Waals surface area contributed by atoms with Crippen LogP contribution in [0.1, 0.15) is 0 Å². The van der Waals surface area contributed by atoms with Crippen molar-refractivity contribution >= 4 is 11.4 Å². The molecule has 0 aliphatic carbocycles. The van der Waals surface area contributed by atoms with Crippen LogP contribution in [0.3, 0.4) is 0 Å². The number of nitrogens with two attached hydrogens (primary N) is 2. The maximum Gasteiger partial charge on any atom is 0.200 e. The van der Waals surface area contributed by atoms with E-state index >= 15 is 0 Å². The lowest BCUT2D eigenvalue weighted by atomic mass is 9.99. The second kappa shape index (κ2) is 5.04. The Bertz CT molecular complexity index is 677. The van der Waals surface area contributed by atoms with Gasteiger partial charge in [0.15, 0.2) is 40.7 Å². The van der Waals surface area contributed by atoms with Gasteiger partial charge in [-0.25, -0.2) is 35.1 Å². The Kier molecular flexibility index (Phi) is 3.63. The Hall–Kier alpha value is -2.52. The standard InChI is InChI=1S/C12H4F8N2/c13-3-1(4(14)7(17)9(19)6(3)16)2-5(15)8(18)10(20)12(22)11(2)21/h21-22H2. The number of hydrogen-bond donors (Lipinski definition) is 2. The van der Waals surface area contributed by atoms with E-state index in [0.29, 0.717) is 0 Å². The van der Waals surface area contributed by atoms with Crippen LogP contribution in [0.2, 0.25) is 0 Å². The fourth-order valence-electron chi connectivity index (χ4n) is 1.76. The van der Waals surface area contributed by atoms with Crippen molar-refractivity contribution in [2.75, 3.05) is 11.5 Å². The Morgan fingerprint density at radius 3 is 1.14 bits per heavy atom. The molecule has 2 aromatic rings. The van der Waals surface area contributed by atoms with Crippen molar-refractivity contribution in [3.63, 3.8) is 0 Å². The van der Waals surface area contributed by atoms with Crippen molar-refractivity contribution in [2.45, 2.75) is 0 Å². The first kappa shape index (κ1) is 15.9. The lowest BCUT2D eigenvalue weighted by molar-refractivity contribution is 0.380. The Balaban J connectivity index is 3.03. The molecule has 0 aliphatic rings. The molecule has 10 heteroatoms. The molecular formula is C12H4F8N2. The van der Waals surface area contributed by atoms with Gasteiger partial charge in [-0.05, 0) is 0 Å². The second-order valence-corrected chi connectivity index (χ2v) is 4.09. The predicted molar refractivity (Wildman–Crippen MR) is 60.4 cm³/mol. The first-order valence-electron chi connectivity index (χ1n) is 5.34. The molecule has 0 aliphatic heterocycles. The van der Waals surface area contributed by atoms with Gasteiger partial charge in [-0.3, -0.25) is 0 Å². The van der Waals surface area contributed by atoms with Crippen molar-refractivity contribution in [3.8, 4) is 11.1 Å². The van der Waals surface area contributed by atoms with Gasteiger partial charge in [0.25, 0.3) is 0 Å². The average molecular weight is 328 g/mol. The van der Waals surface area contributed by atoms with Crippen LogP contribution >= 0.6 is 0 Å². The van der Waals surface area contributed by atoms with Gasteiger partial charge in [0, 0.05) is 0 Å². The highest BCUT2D eigenvalue weighted by Gasteiger charge is 2.32. The van der Waals surface area contributed by atoms with Gasteiger partial charge in [0.2, 0.25) is 5.82 Å². The van der Waals surface area contributed by atoms with Gasteiger partial charge in [0.1, 0.15) is 0 Å². The van der Waals surface area contributed by atoms with Gasteiger partial charge < -0.3 is 11.5 Å². The molecule has 0 saturated carbocycles. The van der Waals surface area contributed by atoms with E-state index in [9.17, 15) is 35.1 Å². The largest absolute Gasteiger partial charge is 0.396 e. The van der Waals surface area contributed by atoms with Crippen LogP contribution in [-0.4, -0.2) is 0 Å². The first-order valence-corrected chi connectivity index (χ1v) is 5.34. The molecule has 2 aromatic carbocycles. The number of rotatable bonds is 1. The minimum Gasteiger partial charge on any atom is -0.396 e. The zero-order chi connectivity index (χ0) is 16.9. The highest BCUT2D eigenvalue weighted by atomic mass is 19.2. The van der Waals surface area contributed by atoms with Crippen LogP contribution in [0.5, 0.6) is 0 Å². The maximum absolute atomic E-state index is 13.7. The summed E-state index contributed by atoms with van der Waals surface area (Å²) >= 11 is 0. The fourth-order valence-corrected chi connectivity index (χ4v) is 1.76. The summed E-state index contributed by atoms with van der Waals surface area (Å²) < 4.78 is 106. The lowest BCUT2D eigenvalue weighted by Crippen LogP contribution is -2.11. The zero-order valence-electron chi connectivity index (χ0n) is 10.2. The van der Waals surface area contributed by atoms with Crippen LogP contribution < -0.4 is 11.5 Å². The van der Waals surface area contributed by atoms with E-state index in [2.05, 4.69) is 0 Å². The Morgan fingerprint density at radius 1 is 0.364 bits per heavy atom. The van der Waals surface area contributed by atoms with Crippen LogP contribution in [0.15, 0.2) is 0 Å². The van der Waals surface area contributed by atoms with Gasteiger partial charge in [-0.1, -0.05) is 0 Å². The summed E-state index contributed by atoms with van der Waals surface area (Å²) in [5, 5.41) is 0. The molecule has 4 N–H and O–H groups in total. The Morgan fingerprint density at radius 2 is 0.682 bits per heavy atom. The average Bonchev–Trinajstić information content (AvgIpc) is 2.50. The number of anilines is 2. The summed E-state index contributed by atoms with van der Waals surface area (Å²) in [4.78, 5) is 0. The molecule has 2 nitrogen and oxygen atoms in total. The van der Waals surface area contributed by atoms with E-state index in [-0.39, 0.29) is 0 Å². The van der Waals surface area contributed by atoms with Crippen molar-refractivity contribution in [1.82, 2.24) is 0 Å². The molecule has 0 heterocycles. The molecule has 0 fully saturated rings. The summed E-state index contributed by atoms with van der Waals surface area (Å²) in [5.41, 5.74) is 4.24. The predicted octanol–water partition coefficient (Wildman–Crippen LogP) is 3.63. The quantitative estimate of drug-likeness (QED) is 0.363. The van der Waals surface area contributed by atoms with E-state index in [1.807, 2.05) is 0 Å². The minimum atomic E-state index is -2.51. The van der Waals surface area contributed by atoms with Crippen LogP contribution in [0, 0.1) is 46.5 Å². The van der Waals surface area contributed by atoms with Gasteiger partial charge >= 0.3 is 0 Å². The van der Waals surface area contributed by atoms with Crippen LogP contribution in [-0.2, 0) is 0 Å². The molecule has 0 radical (unpaired) electrons. The van der Waals surface area contributed by atoms with E-state index in [1.54, 1.807) is 0 Å². The molecule has 0 aromatic heterocycles. The smallest absolute Gasteiger partial charge is 0.200 e. The monoisotopic (exact) mass is 328 g/mol. The van der Waals surface area contributed by atoms with E-state index in [0.717, 1.165) is 0 Å². The summed E-state index contributed by atoms with van der Waals surface area (Å²) in [7, 11) is 0. The third-order valence-electron chi connectivity index (χ3n) is 2.86. The molecule has 0 saturated heterocycles. The molecule has 118 valence electrons. The summed E-state index contributed by atoms with van der Waals surface area (Å²) in [5.74, 6) is -18.7. The summed E-state index contributed by atoms with van der Waals surface area (Å²) in [6.07, 6.45) is 0. The minimum absolute atomic E-state index is 1.21. The SMILES string of the molecule is Nc1c(N)c(-c2c(F)c(F)c(F)c(F)c2F)c(F)c(F)c1F. The van der Waals surface area contributed by atoms with Crippen molar-refractivity contribution in [3.05, 3.63) is 46.5 Å². The summed E-state index contributed by atoms with van der Waals surface area (Å²) in [6, 6.07) is 0. The molecule has 0 atom stereocenters. The number of benzene rings is 2. The topological polar surface area (TPSA) is 52.0 Å².